The molecule has 0 saturated carbocycles. The van der Waals surface area contributed by atoms with E-state index < -0.39 is 12.3 Å². The standard InChI is InChI=1S/C4H7F3O/c1-3(5)4(6,7)8-2/h3H,1-2H3. The molecule has 1 nitrogen and oxygen atoms in total. The van der Waals surface area contributed by atoms with Crippen LogP contribution in [0.4, 0.5) is 13.2 Å². The largest absolute Gasteiger partial charge is 0.386 e. The quantitative estimate of drug-likeness (QED) is 0.548. The number of alkyl halides is 3. The van der Waals surface area contributed by atoms with Gasteiger partial charge in [0.25, 0.3) is 0 Å². The Morgan fingerprint density at radius 3 is 1.88 bits per heavy atom. The van der Waals surface area contributed by atoms with Crippen molar-refractivity contribution in [3.05, 3.63) is 0 Å². The molecule has 0 radical (unpaired) electrons. The normalized spacial score (nSPS) is 16.1. The number of ether oxygens (including phenoxy) is 1. The van der Waals surface area contributed by atoms with Crippen LogP contribution in [0, 0.1) is 0 Å². The molecule has 0 rings (SSSR count). The highest BCUT2D eigenvalue weighted by Gasteiger charge is 2.36. The zero-order chi connectivity index (χ0) is 6.78. The molecule has 1 unspecified atom stereocenters. The van der Waals surface area contributed by atoms with Gasteiger partial charge in [0.1, 0.15) is 0 Å². The number of hydrogen-bond donors (Lipinski definition) is 0. The molecule has 50 valence electrons. The smallest absolute Gasteiger partial charge is 0.322 e. The second-order valence-electron chi connectivity index (χ2n) is 1.38. The predicted octanol–water partition coefficient (Wildman–Crippen LogP) is 1.58. The third-order valence-electron chi connectivity index (χ3n) is 0.735. The maximum absolute atomic E-state index is 11.7. The summed E-state index contributed by atoms with van der Waals surface area (Å²) < 4.78 is 38.5. The van der Waals surface area contributed by atoms with Crippen molar-refractivity contribution in [1.29, 1.82) is 0 Å². The highest BCUT2D eigenvalue weighted by atomic mass is 19.3. The summed E-state index contributed by atoms with van der Waals surface area (Å²) in [5.74, 6) is 0. The fraction of sp³-hybridized carbons (Fsp3) is 1.00. The van der Waals surface area contributed by atoms with E-state index in [1.54, 1.807) is 0 Å². The van der Waals surface area contributed by atoms with Crippen LogP contribution in [-0.2, 0) is 4.74 Å². The number of hydrogen-bond acceptors (Lipinski definition) is 1. The van der Waals surface area contributed by atoms with E-state index in [0.717, 1.165) is 14.0 Å². The van der Waals surface area contributed by atoms with E-state index in [-0.39, 0.29) is 0 Å². The van der Waals surface area contributed by atoms with Crippen molar-refractivity contribution < 1.29 is 17.9 Å². The van der Waals surface area contributed by atoms with Gasteiger partial charge in [-0.15, -0.1) is 0 Å². The lowest BCUT2D eigenvalue weighted by atomic mass is 10.4. The van der Waals surface area contributed by atoms with Gasteiger partial charge in [0.2, 0.25) is 0 Å². The van der Waals surface area contributed by atoms with Gasteiger partial charge in [-0.3, -0.25) is 0 Å². The molecule has 1 atom stereocenters. The van der Waals surface area contributed by atoms with Gasteiger partial charge in [-0.2, -0.15) is 8.78 Å². The summed E-state index contributed by atoms with van der Waals surface area (Å²) >= 11 is 0. The Bertz CT molecular complexity index is 71.7. The minimum absolute atomic E-state index is 0.740. The first kappa shape index (κ1) is 7.75. The van der Waals surface area contributed by atoms with Crippen LogP contribution in [-0.4, -0.2) is 19.4 Å². The summed E-state index contributed by atoms with van der Waals surface area (Å²) in [5.41, 5.74) is 0. The van der Waals surface area contributed by atoms with Crippen molar-refractivity contribution >= 4 is 0 Å². The summed E-state index contributed by atoms with van der Waals surface area (Å²) in [6.45, 7) is 0.740. The van der Waals surface area contributed by atoms with E-state index in [1.165, 1.54) is 0 Å². The number of methoxy groups -OCH3 is 1. The Morgan fingerprint density at radius 2 is 1.88 bits per heavy atom. The minimum atomic E-state index is -3.62. The summed E-state index contributed by atoms with van der Waals surface area (Å²) in [6.07, 6.45) is -5.87. The molecule has 0 bridgehead atoms. The van der Waals surface area contributed by atoms with E-state index in [2.05, 4.69) is 4.74 Å². The lowest BCUT2D eigenvalue weighted by Gasteiger charge is -2.13. The Balaban J connectivity index is 3.71. The van der Waals surface area contributed by atoms with Crippen LogP contribution < -0.4 is 0 Å². The Hall–Kier alpha value is -0.250. The number of halogens is 3. The Morgan fingerprint density at radius 1 is 1.50 bits per heavy atom. The van der Waals surface area contributed by atoms with Crippen molar-refractivity contribution in [2.75, 3.05) is 7.11 Å². The molecular weight excluding hydrogens is 121 g/mol. The molecular formula is C4H7F3O. The lowest BCUT2D eigenvalue weighted by molar-refractivity contribution is -0.255. The fourth-order valence-corrected chi connectivity index (χ4v) is 0.162. The average Bonchev–Trinajstić information content (AvgIpc) is 1.67. The average molecular weight is 128 g/mol. The molecule has 0 amide bonds. The van der Waals surface area contributed by atoms with Gasteiger partial charge >= 0.3 is 6.11 Å². The van der Waals surface area contributed by atoms with Gasteiger partial charge in [-0.1, -0.05) is 0 Å². The first-order valence-electron chi connectivity index (χ1n) is 2.07. The van der Waals surface area contributed by atoms with Crippen LogP contribution in [0.25, 0.3) is 0 Å². The van der Waals surface area contributed by atoms with E-state index >= 15 is 0 Å². The van der Waals surface area contributed by atoms with Gasteiger partial charge in [-0.05, 0) is 6.92 Å². The third kappa shape index (κ3) is 1.69. The molecule has 0 fully saturated rings. The van der Waals surface area contributed by atoms with Crippen LogP contribution in [0.15, 0.2) is 0 Å². The molecule has 4 heteroatoms. The van der Waals surface area contributed by atoms with Gasteiger partial charge in [0, 0.05) is 7.11 Å². The second-order valence-corrected chi connectivity index (χ2v) is 1.38. The van der Waals surface area contributed by atoms with Crippen LogP contribution >= 0.6 is 0 Å². The van der Waals surface area contributed by atoms with Crippen molar-refractivity contribution in [2.24, 2.45) is 0 Å². The molecule has 8 heavy (non-hydrogen) atoms. The summed E-state index contributed by atoms with van der Waals surface area (Å²) in [6, 6.07) is 0. The van der Waals surface area contributed by atoms with Gasteiger partial charge in [0.05, 0.1) is 0 Å². The van der Waals surface area contributed by atoms with Crippen molar-refractivity contribution in [2.45, 2.75) is 19.2 Å². The van der Waals surface area contributed by atoms with Gasteiger partial charge < -0.3 is 4.74 Å². The van der Waals surface area contributed by atoms with Gasteiger partial charge in [-0.25, -0.2) is 4.39 Å². The molecule has 0 spiro atoms. The van der Waals surface area contributed by atoms with Crippen molar-refractivity contribution in [3.63, 3.8) is 0 Å². The third-order valence-corrected chi connectivity index (χ3v) is 0.735. The van der Waals surface area contributed by atoms with Crippen molar-refractivity contribution in [3.8, 4) is 0 Å². The second kappa shape index (κ2) is 2.35. The topological polar surface area (TPSA) is 9.23 Å². The molecule has 0 aliphatic heterocycles. The lowest BCUT2D eigenvalue weighted by Crippen LogP contribution is -2.29. The zero-order valence-corrected chi connectivity index (χ0v) is 4.62. The van der Waals surface area contributed by atoms with Crippen LogP contribution in [0.2, 0.25) is 0 Å². The SMILES string of the molecule is COC(F)(F)C(C)F. The van der Waals surface area contributed by atoms with Crippen molar-refractivity contribution in [1.82, 2.24) is 0 Å². The summed E-state index contributed by atoms with van der Waals surface area (Å²) in [4.78, 5) is 0. The molecule has 0 aromatic heterocycles. The summed E-state index contributed by atoms with van der Waals surface area (Å²) in [7, 11) is 0.760. The first-order chi connectivity index (χ1) is 3.50. The number of rotatable bonds is 2. The predicted molar refractivity (Wildman–Crippen MR) is 22.5 cm³/mol. The molecule has 0 saturated heterocycles. The highest BCUT2D eigenvalue weighted by molar-refractivity contribution is 4.58. The van der Waals surface area contributed by atoms with Crippen LogP contribution in [0.3, 0.4) is 0 Å². The first-order valence-corrected chi connectivity index (χ1v) is 2.07. The van der Waals surface area contributed by atoms with E-state index in [1.807, 2.05) is 0 Å². The molecule has 0 aromatic rings. The minimum Gasteiger partial charge on any atom is -0.322 e. The van der Waals surface area contributed by atoms with Crippen LogP contribution in [0.5, 0.6) is 0 Å². The molecule has 0 N–H and O–H groups in total. The van der Waals surface area contributed by atoms with E-state index in [9.17, 15) is 13.2 Å². The van der Waals surface area contributed by atoms with Crippen LogP contribution in [0.1, 0.15) is 6.92 Å². The maximum atomic E-state index is 11.7. The van der Waals surface area contributed by atoms with Gasteiger partial charge in [0.15, 0.2) is 6.17 Å². The summed E-state index contributed by atoms with van der Waals surface area (Å²) in [5, 5.41) is 0. The Kier molecular flexibility index (Phi) is 2.27. The highest BCUT2D eigenvalue weighted by Crippen LogP contribution is 2.20. The Labute approximate surface area is 45.4 Å². The monoisotopic (exact) mass is 128 g/mol. The van der Waals surface area contributed by atoms with E-state index in [0.29, 0.717) is 0 Å². The molecule has 0 aliphatic rings. The van der Waals surface area contributed by atoms with E-state index in [4.69, 9.17) is 0 Å². The zero-order valence-electron chi connectivity index (χ0n) is 4.62. The fourth-order valence-electron chi connectivity index (χ4n) is 0.162. The molecule has 0 aliphatic carbocycles. The molecule has 0 aromatic carbocycles. The maximum Gasteiger partial charge on any atom is 0.386 e. The molecule has 0 heterocycles.